The van der Waals surface area contributed by atoms with Crippen molar-refractivity contribution in [2.24, 2.45) is 21.7 Å². The highest BCUT2D eigenvalue weighted by Crippen LogP contribution is 2.36. The molecule has 1 atom stereocenters. The van der Waals surface area contributed by atoms with Gasteiger partial charge in [-0.2, -0.15) is 5.10 Å². The van der Waals surface area contributed by atoms with E-state index >= 15 is 0 Å². The van der Waals surface area contributed by atoms with Gasteiger partial charge in [-0.15, -0.1) is 5.10 Å². The molecule has 2 aromatic rings. The van der Waals surface area contributed by atoms with Crippen LogP contribution in [0.3, 0.4) is 0 Å². The molecule has 4 N–H and O–H groups in total. The van der Waals surface area contributed by atoms with Crippen LogP contribution in [0.2, 0.25) is 0 Å². The molecule has 0 amide bonds. The van der Waals surface area contributed by atoms with Crippen molar-refractivity contribution in [1.29, 1.82) is 0 Å². The average Bonchev–Trinajstić information content (AvgIpc) is 2.86. The van der Waals surface area contributed by atoms with Crippen LogP contribution in [0.15, 0.2) is 49.6 Å². The lowest BCUT2D eigenvalue weighted by Gasteiger charge is -2.23. The predicted molar refractivity (Wildman–Crippen MR) is 91.0 cm³/mol. The summed E-state index contributed by atoms with van der Waals surface area (Å²) in [6, 6.07) is 8.30. The smallest absolute Gasteiger partial charge is 0.211 e. The standard InChI is InChI=1S/C16H17BrN4O/c1-9-8-22-14-7-11(10-3-2-4-12(17)5-10)6-13(15(9)14)20-21-16(18)19/h2-5,8,11H,6-7H2,1H3,(H4,18,19,21). The minimum atomic E-state index is -0.0419. The minimum Gasteiger partial charge on any atom is -0.468 e. The van der Waals surface area contributed by atoms with E-state index in [1.807, 2.05) is 19.1 Å². The van der Waals surface area contributed by atoms with Gasteiger partial charge in [0.1, 0.15) is 5.76 Å². The third kappa shape index (κ3) is 2.92. The van der Waals surface area contributed by atoms with Gasteiger partial charge in [0.05, 0.1) is 12.0 Å². The Balaban J connectivity index is 2.02. The van der Waals surface area contributed by atoms with Crippen LogP contribution in [0.1, 0.15) is 34.8 Å². The second kappa shape index (κ2) is 5.96. The molecule has 0 aliphatic heterocycles. The molecule has 22 heavy (non-hydrogen) atoms. The number of benzene rings is 1. The Morgan fingerprint density at radius 3 is 2.86 bits per heavy atom. The molecule has 1 aliphatic carbocycles. The number of nitrogens with two attached hydrogens (primary N) is 2. The number of rotatable bonds is 2. The quantitative estimate of drug-likeness (QED) is 0.489. The number of nitrogens with zero attached hydrogens (tertiary/aromatic N) is 2. The molecule has 6 heteroatoms. The van der Waals surface area contributed by atoms with Gasteiger partial charge in [-0.25, -0.2) is 0 Å². The van der Waals surface area contributed by atoms with E-state index in [9.17, 15) is 0 Å². The fourth-order valence-corrected chi connectivity index (χ4v) is 3.29. The van der Waals surface area contributed by atoms with Crippen LogP contribution in [-0.4, -0.2) is 11.7 Å². The van der Waals surface area contributed by atoms with Gasteiger partial charge < -0.3 is 15.9 Å². The molecule has 1 heterocycles. The van der Waals surface area contributed by atoms with E-state index in [2.05, 4.69) is 38.3 Å². The summed E-state index contributed by atoms with van der Waals surface area (Å²) in [4.78, 5) is 0. The number of furan rings is 1. The van der Waals surface area contributed by atoms with Crippen LogP contribution < -0.4 is 11.5 Å². The Hall–Kier alpha value is -2.08. The van der Waals surface area contributed by atoms with E-state index in [-0.39, 0.29) is 5.96 Å². The number of halogens is 1. The lowest BCUT2D eigenvalue weighted by molar-refractivity contribution is 0.480. The van der Waals surface area contributed by atoms with Crippen LogP contribution in [0, 0.1) is 6.92 Å². The van der Waals surface area contributed by atoms with E-state index in [4.69, 9.17) is 15.9 Å². The molecule has 0 spiro atoms. The number of hydrogen-bond donors (Lipinski definition) is 2. The molecule has 3 rings (SSSR count). The Labute approximate surface area is 137 Å². The molecule has 1 aromatic carbocycles. The molecule has 0 saturated carbocycles. The van der Waals surface area contributed by atoms with Crippen molar-refractivity contribution in [3.05, 3.63) is 57.5 Å². The monoisotopic (exact) mass is 360 g/mol. The van der Waals surface area contributed by atoms with E-state index in [1.54, 1.807) is 6.26 Å². The largest absolute Gasteiger partial charge is 0.468 e. The Morgan fingerprint density at radius 2 is 2.14 bits per heavy atom. The van der Waals surface area contributed by atoms with Crippen molar-refractivity contribution >= 4 is 27.6 Å². The maximum atomic E-state index is 5.70. The van der Waals surface area contributed by atoms with Crippen molar-refractivity contribution in [1.82, 2.24) is 0 Å². The van der Waals surface area contributed by atoms with Crippen molar-refractivity contribution in [2.75, 3.05) is 0 Å². The molecular formula is C16H17BrN4O. The third-order valence-corrected chi connectivity index (χ3v) is 4.31. The van der Waals surface area contributed by atoms with E-state index in [1.165, 1.54) is 5.56 Å². The fourth-order valence-electron chi connectivity index (χ4n) is 2.87. The maximum absolute atomic E-state index is 5.70. The van der Waals surface area contributed by atoms with Crippen LogP contribution in [0.5, 0.6) is 0 Å². The van der Waals surface area contributed by atoms with Crippen LogP contribution in [0.25, 0.3) is 0 Å². The van der Waals surface area contributed by atoms with Gasteiger partial charge in [0.2, 0.25) is 5.96 Å². The molecule has 114 valence electrons. The van der Waals surface area contributed by atoms with Gasteiger partial charge in [-0.1, -0.05) is 28.1 Å². The van der Waals surface area contributed by atoms with Gasteiger partial charge >= 0.3 is 0 Å². The average molecular weight is 361 g/mol. The Kier molecular flexibility index (Phi) is 4.02. The van der Waals surface area contributed by atoms with Crippen LogP contribution in [0.4, 0.5) is 0 Å². The summed E-state index contributed by atoms with van der Waals surface area (Å²) in [6.45, 7) is 2.01. The third-order valence-electron chi connectivity index (χ3n) is 3.82. The number of aryl methyl sites for hydroxylation is 1. The van der Waals surface area contributed by atoms with Gasteiger partial charge in [-0.3, -0.25) is 0 Å². The Bertz CT molecular complexity index is 759. The highest BCUT2D eigenvalue weighted by molar-refractivity contribution is 9.10. The van der Waals surface area contributed by atoms with Crippen molar-refractivity contribution in [3.63, 3.8) is 0 Å². The van der Waals surface area contributed by atoms with E-state index in [0.717, 1.165) is 39.9 Å². The fraction of sp³-hybridized carbons (Fsp3) is 0.250. The summed E-state index contributed by atoms with van der Waals surface area (Å²) in [7, 11) is 0. The zero-order valence-corrected chi connectivity index (χ0v) is 13.8. The summed E-state index contributed by atoms with van der Waals surface area (Å²) >= 11 is 3.52. The van der Waals surface area contributed by atoms with Crippen molar-refractivity contribution in [3.8, 4) is 0 Å². The number of hydrogen-bond acceptors (Lipinski definition) is 3. The molecule has 5 nitrogen and oxygen atoms in total. The second-order valence-electron chi connectivity index (χ2n) is 5.45. The summed E-state index contributed by atoms with van der Waals surface area (Å²) in [5.41, 5.74) is 15.0. The molecular weight excluding hydrogens is 344 g/mol. The van der Waals surface area contributed by atoms with Crippen LogP contribution in [-0.2, 0) is 6.42 Å². The van der Waals surface area contributed by atoms with Crippen molar-refractivity contribution < 1.29 is 4.42 Å². The number of guanidine groups is 1. The van der Waals surface area contributed by atoms with E-state index < -0.39 is 0 Å². The number of fused-ring (bicyclic) bond motifs is 1. The minimum absolute atomic E-state index is 0.0419. The molecule has 1 aliphatic rings. The first-order valence-corrected chi connectivity index (χ1v) is 7.82. The zero-order chi connectivity index (χ0) is 15.7. The second-order valence-corrected chi connectivity index (χ2v) is 6.36. The Morgan fingerprint density at radius 1 is 1.32 bits per heavy atom. The molecule has 1 aromatic heterocycles. The van der Waals surface area contributed by atoms with Crippen molar-refractivity contribution in [2.45, 2.75) is 25.7 Å². The summed E-state index contributed by atoms with van der Waals surface area (Å²) < 4.78 is 6.77. The first-order chi connectivity index (χ1) is 10.5. The van der Waals surface area contributed by atoms with Gasteiger partial charge in [0.15, 0.2) is 0 Å². The SMILES string of the molecule is Cc1coc2c1C(=NN=C(N)N)CC(c1cccc(Br)c1)C2. The molecule has 0 radical (unpaired) electrons. The molecule has 0 fully saturated rings. The van der Waals surface area contributed by atoms with Gasteiger partial charge in [0, 0.05) is 16.5 Å². The summed E-state index contributed by atoms with van der Waals surface area (Å²) in [5, 5.41) is 8.06. The lowest BCUT2D eigenvalue weighted by atomic mass is 9.81. The maximum Gasteiger partial charge on any atom is 0.211 e. The summed E-state index contributed by atoms with van der Waals surface area (Å²) in [5.74, 6) is 1.20. The topological polar surface area (TPSA) is 89.9 Å². The first kappa shape index (κ1) is 14.8. The molecule has 0 bridgehead atoms. The highest BCUT2D eigenvalue weighted by atomic mass is 79.9. The molecule has 1 unspecified atom stereocenters. The highest BCUT2D eigenvalue weighted by Gasteiger charge is 2.29. The first-order valence-electron chi connectivity index (χ1n) is 7.03. The molecule has 0 saturated heterocycles. The predicted octanol–water partition coefficient (Wildman–Crippen LogP) is 3.06. The normalized spacial score (nSPS) is 19.0. The lowest BCUT2D eigenvalue weighted by Crippen LogP contribution is -2.23. The zero-order valence-electron chi connectivity index (χ0n) is 12.2. The van der Waals surface area contributed by atoms with Gasteiger partial charge in [0.25, 0.3) is 0 Å². The van der Waals surface area contributed by atoms with E-state index in [0.29, 0.717) is 5.92 Å². The van der Waals surface area contributed by atoms with Gasteiger partial charge in [-0.05, 0) is 42.5 Å². The summed E-state index contributed by atoms with van der Waals surface area (Å²) in [6.07, 6.45) is 3.39. The van der Waals surface area contributed by atoms with Crippen LogP contribution >= 0.6 is 15.9 Å².